The van der Waals surface area contributed by atoms with Crippen molar-refractivity contribution >= 4 is 5.91 Å². The van der Waals surface area contributed by atoms with Crippen LogP contribution in [0, 0.1) is 6.92 Å². The fourth-order valence-electron chi connectivity index (χ4n) is 1.42. The van der Waals surface area contributed by atoms with Crippen molar-refractivity contribution in [3.05, 3.63) is 58.3 Å². The maximum atomic E-state index is 11.8. The Balaban J connectivity index is 2.28. The van der Waals surface area contributed by atoms with Gasteiger partial charge < -0.3 is 5.11 Å². The SMILES string of the molecule is Cc1c(O)c(=O)ccn1NC(=O)c1cccnc1. The number of aromatic nitrogens is 2. The highest BCUT2D eigenvalue weighted by atomic mass is 16.3. The summed E-state index contributed by atoms with van der Waals surface area (Å²) in [5.74, 6) is -0.766. The van der Waals surface area contributed by atoms with Crippen LogP contribution in [0.15, 0.2) is 41.6 Å². The maximum absolute atomic E-state index is 11.8. The van der Waals surface area contributed by atoms with Crippen LogP contribution >= 0.6 is 0 Å². The molecular formula is C12H11N3O3. The highest BCUT2D eigenvalue weighted by Crippen LogP contribution is 2.08. The third-order valence-electron chi connectivity index (χ3n) is 2.46. The van der Waals surface area contributed by atoms with Crippen molar-refractivity contribution in [1.29, 1.82) is 0 Å². The first-order chi connectivity index (χ1) is 8.59. The first kappa shape index (κ1) is 11.8. The second kappa shape index (κ2) is 4.70. The Kier molecular flexibility index (Phi) is 3.09. The van der Waals surface area contributed by atoms with Crippen LogP contribution in [0.5, 0.6) is 5.75 Å². The molecule has 0 aliphatic heterocycles. The fourth-order valence-corrected chi connectivity index (χ4v) is 1.42. The number of rotatable bonds is 2. The molecule has 2 heterocycles. The third kappa shape index (κ3) is 2.22. The summed E-state index contributed by atoms with van der Waals surface area (Å²) in [5.41, 5.74) is 2.69. The lowest BCUT2D eigenvalue weighted by atomic mass is 10.3. The summed E-state index contributed by atoms with van der Waals surface area (Å²) >= 11 is 0. The molecule has 0 fully saturated rings. The number of carbonyl (C=O) groups is 1. The maximum Gasteiger partial charge on any atom is 0.271 e. The summed E-state index contributed by atoms with van der Waals surface area (Å²) in [4.78, 5) is 26.8. The molecule has 2 N–H and O–H groups in total. The molecule has 92 valence electrons. The quantitative estimate of drug-likeness (QED) is 0.813. The molecule has 0 aromatic carbocycles. The van der Waals surface area contributed by atoms with Gasteiger partial charge in [0, 0.05) is 24.7 Å². The van der Waals surface area contributed by atoms with Crippen molar-refractivity contribution < 1.29 is 9.90 Å². The molecule has 0 atom stereocenters. The van der Waals surface area contributed by atoms with Crippen LogP contribution in [0.2, 0.25) is 0 Å². The molecular weight excluding hydrogens is 234 g/mol. The van der Waals surface area contributed by atoms with E-state index in [1.165, 1.54) is 30.1 Å². The van der Waals surface area contributed by atoms with Crippen molar-refractivity contribution in [2.75, 3.05) is 5.43 Å². The topological polar surface area (TPSA) is 84.2 Å². The van der Waals surface area contributed by atoms with Gasteiger partial charge in [0.2, 0.25) is 5.43 Å². The Hall–Kier alpha value is -2.63. The Bertz CT molecular complexity index is 635. The lowest BCUT2D eigenvalue weighted by molar-refractivity contribution is 0.101. The van der Waals surface area contributed by atoms with Gasteiger partial charge in [0.05, 0.1) is 11.3 Å². The Morgan fingerprint density at radius 3 is 2.89 bits per heavy atom. The first-order valence-electron chi connectivity index (χ1n) is 5.22. The van der Waals surface area contributed by atoms with Crippen LogP contribution in [-0.4, -0.2) is 20.7 Å². The van der Waals surface area contributed by atoms with Gasteiger partial charge in [-0.05, 0) is 19.1 Å². The van der Waals surface area contributed by atoms with Gasteiger partial charge in [0.15, 0.2) is 5.75 Å². The predicted molar refractivity (Wildman–Crippen MR) is 65.0 cm³/mol. The number of pyridine rings is 2. The molecule has 2 rings (SSSR count). The fraction of sp³-hybridized carbons (Fsp3) is 0.0833. The Morgan fingerprint density at radius 1 is 1.44 bits per heavy atom. The highest BCUT2D eigenvalue weighted by Gasteiger charge is 2.09. The van der Waals surface area contributed by atoms with Gasteiger partial charge in [-0.25, -0.2) is 0 Å². The average Bonchev–Trinajstić information content (AvgIpc) is 2.40. The van der Waals surface area contributed by atoms with Crippen molar-refractivity contribution in [2.24, 2.45) is 0 Å². The second-order valence-corrected chi connectivity index (χ2v) is 3.67. The summed E-state index contributed by atoms with van der Waals surface area (Å²) < 4.78 is 1.28. The molecule has 0 aliphatic carbocycles. The monoisotopic (exact) mass is 245 g/mol. The van der Waals surface area contributed by atoms with Crippen LogP contribution in [-0.2, 0) is 0 Å². The van der Waals surface area contributed by atoms with Crippen molar-refractivity contribution in [2.45, 2.75) is 6.92 Å². The van der Waals surface area contributed by atoms with Crippen molar-refractivity contribution in [1.82, 2.24) is 9.66 Å². The highest BCUT2D eigenvalue weighted by molar-refractivity contribution is 5.99. The van der Waals surface area contributed by atoms with Gasteiger partial charge in [0.25, 0.3) is 5.91 Å². The number of hydrogen-bond acceptors (Lipinski definition) is 4. The molecule has 0 spiro atoms. The molecule has 0 bridgehead atoms. The minimum absolute atomic E-state index is 0.264. The van der Waals surface area contributed by atoms with Crippen LogP contribution in [0.4, 0.5) is 0 Å². The second-order valence-electron chi connectivity index (χ2n) is 3.67. The van der Waals surface area contributed by atoms with E-state index >= 15 is 0 Å². The number of carbonyl (C=O) groups excluding carboxylic acids is 1. The largest absolute Gasteiger partial charge is 0.503 e. The Labute approximate surface area is 103 Å². The van der Waals surface area contributed by atoms with E-state index in [-0.39, 0.29) is 17.4 Å². The summed E-state index contributed by atoms with van der Waals surface area (Å²) in [6, 6.07) is 4.43. The van der Waals surface area contributed by atoms with Crippen molar-refractivity contribution in [3.8, 4) is 5.75 Å². The smallest absolute Gasteiger partial charge is 0.271 e. The van der Waals surface area contributed by atoms with E-state index in [2.05, 4.69) is 10.4 Å². The van der Waals surface area contributed by atoms with E-state index in [0.29, 0.717) is 5.56 Å². The molecule has 0 saturated heterocycles. The molecule has 0 unspecified atom stereocenters. The third-order valence-corrected chi connectivity index (χ3v) is 2.46. The molecule has 0 saturated carbocycles. The summed E-state index contributed by atoms with van der Waals surface area (Å²) in [5, 5.41) is 9.47. The summed E-state index contributed by atoms with van der Waals surface area (Å²) in [7, 11) is 0. The molecule has 0 radical (unpaired) electrons. The normalized spacial score (nSPS) is 10.1. The minimum atomic E-state index is -0.487. The molecule has 0 aliphatic rings. The number of hydrogen-bond donors (Lipinski definition) is 2. The van der Waals surface area contributed by atoms with Gasteiger partial charge >= 0.3 is 0 Å². The molecule has 18 heavy (non-hydrogen) atoms. The lowest BCUT2D eigenvalue weighted by Crippen LogP contribution is -2.26. The van der Waals surface area contributed by atoms with Crippen LogP contribution in [0.25, 0.3) is 0 Å². The van der Waals surface area contributed by atoms with Crippen LogP contribution in [0.3, 0.4) is 0 Å². The van der Waals surface area contributed by atoms with E-state index in [1.807, 2.05) is 0 Å². The van der Waals surface area contributed by atoms with E-state index in [9.17, 15) is 14.7 Å². The molecule has 6 nitrogen and oxygen atoms in total. The standard InChI is InChI=1S/C12H11N3O3/c1-8-11(17)10(16)4-6-15(8)14-12(18)9-3-2-5-13-7-9/h2-7,17H,1H3,(H,14,18). The van der Waals surface area contributed by atoms with E-state index in [0.717, 1.165) is 0 Å². The molecule has 6 heteroatoms. The minimum Gasteiger partial charge on any atom is -0.503 e. The predicted octanol–water partition coefficient (Wildman–Crippen LogP) is 0.641. The number of nitrogens with zero attached hydrogens (tertiary/aromatic N) is 2. The summed E-state index contributed by atoms with van der Waals surface area (Å²) in [6.45, 7) is 1.53. The average molecular weight is 245 g/mol. The first-order valence-corrected chi connectivity index (χ1v) is 5.22. The Morgan fingerprint density at radius 2 is 2.22 bits per heavy atom. The summed E-state index contributed by atoms with van der Waals surface area (Å²) in [6.07, 6.45) is 4.37. The van der Waals surface area contributed by atoms with Crippen LogP contribution < -0.4 is 10.9 Å². The van der Waals surface area contributed by atoms with Crippen molar-refractivity contribution in [3.63, 3.8) is 0 Å². The number of amides is 1. The molecule has 2 aromatic rings. The van der Waals surface area contributed by atoms with Gasteiger partial charge in [-0.2, -0.15) is 0 Å². The van der Waals surface area contributed by atoms with E-state index in [4.69, 9.17) is 0 Å². The zero-order valence-corrected chi connectivity index (χ0v) is 9.62. The zero-order chi connectivity index (χ0) is 13.1. The van der Waals surface area contributed by atoms with Gasteiger partial charge in [-0.1, -0.05) is 0 Å². The van der Waals surface area contributed by atoms with Gasteiger partial charge in [-0.3, -0.25) is 24.7 Å². The lowest BCUT2D eigenvalue weighted by Gasteiger charge is -2.12. The van der Waals surface area contributed by atoms with E-state index < -0.39 is 5.43 Å². The van der Waals surface area contributed by atoms with Crippen LogP contribution in [0.1, 0.15) is 16.1 Å². The number of aromatic hydroxyl groups is 1. The zero-order valence-electron chi connectivity index (χ0n) is 9.62. The van der Waals surface area contributed by atoms with E-state index in [1.54, 1.807) is 18.3 Å². The molecule has 1 amide bonds. The van der Waals surface area contributed by atoms with Gasteiger partial charge in [-0.15, -0.1) is 0 Å². The number of nitrogens with one attached hydrogen (secondary N) is 1. The molecule has 2 aromatic heterocycles. The van der Waals surface area contributed by atoms with Gasteiger partial charge in [0.1, 0.15) is 0 Å².